The van der Waals surface area contributed by atoms with Crippen LogP contribution in [0, 0.1) is 0 Å². The van der Waals surface area contributed by atoms with Crippen molar-refractivity contribution in [2.75, 3.05) is 0 Å². The molecule has 1 aromatic heterocycles. The third-order valence-electron chi connectivity index (χ3n) is 3.83. The van der Waals surface area contributed by atoms with E-state index in [0.29, 0.717) is 10.6 Å². The molecule has 3 rings (SSSR count). The number of carbonyl (C=O) groups excluding carboxylic acids is 1. The summed E-state index contributed by atoms with van der Waals surface area (Å²) in [6.45, 7) is 2.04. The second-order valence-electron chi connectivity index (χ2n) is 5.40. The van der Waals surface area contributed by atoms with E-state index >= 15 is 0 Å². The highest BCUT2D eigenvalue weighted by Gasteiger charge is 2.14. The number of carbonyl (C=O) groups is 1. The van der Waals surface area contributed by atoms with E-state index in [4.69, 9.17) is 11.6 Å². The van der Waals surface area contributed by atoms with E-state index in [-0.39, 0.29) is 11.9 Å². The van der Waals surface area contributed by atoms with Crippen molar-refractivity contribution in [1.29, 1.82) is 0 Å². The second-order valence-corrected chi connectivity index (χ2v) is 5.84. The molecule has 0 aliphatic heterocycles. The van der Waals surface area contributed by atoms with Gasteiger partial charge in [-0.2, -0.15) is 0 Å². The molecule has 1 N–H and O–H groups in total. The molecule has 0 fully saturated rings. The molecule has 0 aliphatic rings. The van der Waals surface area contributed by atoms with Crippen LogP contribution in [0.4, 0.5) is 0 Å². The number of benzene rings is 2. The highest BCUT2D eigenvalue weighted by Crippen LogP contribution is 2.20. The van der Waals surface area contributed by atoms with Gasteiger partial charge in [0.1, 0.15) is 12.7 Å². The molecule has 3 aromatic rings. The van der Waals surface area contributed by atoms with Crippen LogP contribution < -0.4 is 5.32 Å². The maximum absolute atomic E-state index is 12.5. The number of hydrogen-bond acceptors (Lipinski definition) is 3. The van der Waals surface area contributed by atoms with Gasteiger partial charge < -0.3 is 5.32 Å². The van der Waals surface area contributed by atoms with Gasteiger partial charge in [0.05, 0.1) is 6.04 Å². The van der Waals surface area contributed by atoms with E-state index in [0.717, 1.165) is 17.7 Å². The first-order chi connectivity index (χ1) is 11.7. The zero-order chi connectivity index (χ0) is 16.9. The summed E-state index contributed by atoms with van der Waals surface area (Å²) >= 11 is 5.92. The number of halogens is 1. The van der Waals surface area contributed by atoms with Gasteiger partial charge in [0.15, 0.2) is 0 Å². The molecule has 5 nitrogen and oxygen atoms in total. The van der Waals surface area contributed by atoms with E-state index < -0.39 is 0 Å². The van der Waals surface area contributed by atoms with Gasteiger partial charge in [-0.25, -0.2) is 0 Å². The quantitative estimate of drug-likeness (QED) is 0.768. The average Bonchev–Trinajstić information content (AvgIpc) is 3.15. The van der Waals surface area contributed by atoms with Crippen molar-refractivity contribution in [2.24, 2.45) is 0 Å². The molecule has 0 spiro atoms. The van der Waals surface area contributed by atoms with Crippen molar-refractivity contribution in [3.63, 3.8) is 0 Å². The largest absolute Gasteiger partial charge is 0.345 e. The lowest BCUT2D eigenvalue weighted by molar-refractivity contribution is 0.0935. The first kappa shape index (κ1) is 16.2. The van der Waals surface area contributed by atoms with Gasteiger partial charge in [0.25, 0.3) is 5.91 Å². The SMILES string of the molecule is CC[C@H](NC(=O)c1ccc(-n2cnnc2)cc1)c1ccc(Cl)cc1. The molecule has 6 heteroatoms. The molecule has 0 unspecified atom stereocenters. The summed E-state index contributed by atoms with van der Waals surface area (Å²) in [5, 5.41) is 11.3. The summed E-state index contributed by atoms with van der Waals surface area (Å²) in [4.78, 5) is 12.5. The predicted molar refractivity (Wildman–Crippen MR) is 93.3 cm³/mol. The molecule has 24 heavy (non-hydrogen) atoms. The molecule has 0 aliphatic carbocycles. The molecule has 0 saturated carbocycles. The molecule has 1 amide bonds. The summed E-state index contributed by atoms with van der Waals surface area (Å²) in [5.41, 5.74) is 2.55. The van der Waals surface area contributed by atoms with Crippen LogP contribution in [0.5, 0.6) is 0 Å². The minimum atomic E-state index is -0.105. The fraction of sp³-hybridized carbons (Fsp3) is 0.167. The molecule has 0 bridgehead atoms. The van der Waals surface area contributed by atoms with E-state index in [2.05, 4.69) is 15.5 Å². The lowest BCUT2D eigenvalue weighted by atomic mass is 10.0. The van der Waals surface area contributed by atoms with E-state index in [1.54, 1.807) is 29.4 Å². The van der Waals surface area contributed by atoms with Crippen LogP contribution in [0.15, 0.2) is 61.2 Å². The zero-order valence-corrected chi connectivity index (χ0v) is 13.9. The van der Waals surface area contributed by atoms with Crippen LogP contribution in [0.1, 0.15) is 35.3 Å². The third kappa shape index (κ3) is 3.63. The number of amides is 1. The third-order valence-corrected chi connectivity index (χ3v) is 4.08. The summed E-state index contributed by atoms with van der Waals surface area (Å²) < 4.78 is 1.78. The Balaban J connectivity index is 1.72. The fourth-order valence-corrected chi connectivity index (χ4v) is 2.60. The Morgan fingerprint density at radius 2 is 1.71 bits per heavy atom. The number of nitrogens with zero attached hydrogens (tertiary/aromatic N) is 3. The second kappa shape index (κ2) is 7.27. The molecule has 122 valence electrons. The highest BCUT2D eigenvalue weighted by molar-refractivity contribution is 6.30. The van der Waals surface area contributed by atoms with Crippen LogP contribution in [0.25, 0.3) is 5.69 Å². The number of aromatic nitrogens is 3. The van der Waals surface area contributed by atoms with Crippen molar-refractivity contribution in [3.05, 3.63) is 77.3 Å². The topological polar surface area (TPSA) is 59.8 Å². The number of hydrogen-bond donors (Lipinski definition) is 1. The van der Waals surface area contributed by atoms with E-state index in [1.807, 2.05) is 43.3 Å². The molecule has 2 aromatic carbocycles. The van der Waals surface area contributed by atoms with Crippen LogP contribution in [0.2, 0.25) is 5.02 Å². The first-order valence-electron chi connectivity index (χ1n) is 7.68. The molecule has 0 radical (unpaired) electrons. The molecule has 1 atom stereocenters. The van der Waals surface area contributed by atoms with Crippen molar-refractivity contribution in [1.82, 2.24) is 20.1 Å². The summed E-state index contributed by atoms with van der Waals surface area (Å²) in [7, 11) is 0. The van der Waals surface area contributed by atoms with E-state index in [9.17, 15) is 4.79 Å². The van der Waals surface area contributed by atoms with Crippen molar-refractivity contribution in [3.8, 4) is 5.69 Å². The Labute approximate surface area is 145 Å². The lowest BCUT2D eigenvalue weighted by Crippen LogP contribution is -2.28. The maximum atomic E-state index is 12.5. The van der Waals surface area contributed by atoms with Gasteiger partial charge >= 0.3 is 0 Å². The van der Waals surface area contributed by atoms with Gasteiger partial charge in [-0.15, -0.1) is 10.2 Å². The lowest BCUT2D eigenvalue weighted by Gasteiger charge is -2.17. The van der Waals surface area contributed by atoms with Crippen LogP contribution in [0.3, 0.4) is 0 Å². The number of nitrogens with one attached hydrogen (secondary N) is 1. The first-order valence-corrected chi connectivity index (χ1v) is 8.06. The summed E-state index contributed by atoms with van der Waals surface area (Å²) in [6.07, 6.45) is 4.03. The highest BCUT2D eigenvalue weighted by atomic mass is 35.5. The fourth-order valence-electron chi connectivity index (χ4n) is 2.48. The van der Waals surface area contributed by atoms with Gasteiger partial charge in [0.2, 0.25) is 0 Å². The summed E-state index contributed by atoms with van der Waals surface area (Å²) in [6, 6.07) is 14.8. The standard InChI is InChI=1S/C18H17ClN4O/c1-2-17(13-3-7-15(19)8-4-13)22-18(24)14-5-9-16(10-6-14)23-11-20-21-12-23/h3-12,17H,2H2,1H3,(H,22,24)/t17-/m0/s1. The minimum absolute atomic E-state index is 0.0488. The Morgan fingerprint density at radius 3 is 2.29 bits per heavy atom. The molecule has 1 heterocycles. The average molecular weight is 341 g/mol. The molecular weight excluding hydrogens is 324 g/mol. The minimum Gasteiger partial charge on any atom is -0.345 e. The van der Waals surface area contributed by atoms with Crippen LogP contribution >= 0.6 is 11.6 Å². The van der Waals surface area contributed by atoms with Crippen molar-refractivity contribution < 1.29 is 4.79 Å². The maximum Gasteiger partial charge on any atom is 0.251 e. The Bertz CT molecular complexity index is 798. The van der Waals surface area contributed by atoms with Gasteiger partial charge in [-0.05, 0) is 48.4 Å². The molecule has 0 saturated heterocycles. The normalized spacial score (nSPS) is 11.9. The zero-order valence-electron chi connectivity index (χ0n) is 13.2. The van der Waals surface area contributed by atoms with E-state index in [1.165, 1.54) is 0 Å². The van der Waals surface area contributed by atoms with Gasteiger partial charge in [0, 0.05) is 16.3 Å². The summed E-state index contributed by atoms with van der Waals surface area (Å²) in [5.74, 6) is -0.105. The van der Waals surface area contributed by atoms with Crippen LogP contribution in [-0.2, 0) is 0 Å². The Hall–Kier alpha value is -2.66. The van der Waals surface area contributed by atoms with Crippen LogP contribution in [-0.4, -0.2) is 20.7 Å². The Morgan fingerprint density at radius 1 is 1.08 bits per heavy atom. The number of rotatable bonds is 5. The molecular formula is C18H17ClN4O. The van der Waals surface area contributed by atoms with Gasteiger partial charge in [-0.1, -0.05) is 30.7 Å². The smallest absolute Gasteiger partial charge is 0.251 e. The van der Waals surface area contributed by atoms with Crippen molar-refractivity contribution in [2.45, 2.75) is 19.4 Å². The Kier molecular flexibility index (Phi) is 4.91. The predicted octanol–water partition coefficient (Wildman–Crippen LogP) is 3.80. The monoisotopic (exact) mass is 340 g/mol. The van der Waals surface area contributed by atoms with Gasteiger partial charge in [-0.3, -0.25) is 9.36 Å². The van der Waals surface area contributed by atoms with Crippen molar-refractivity contribution >= 4 is 17.5 Å².